The van der Waals surface area contributed by atoms with Gasteiger partial charge in [-0.3, -0.25) is 0 Å². The van der Waals surface area contributed by atoms with Gasteiger partial charge in [0.15, 0.2) is 0 Å². The number of benzene rings is 1. The van der Waals surface area contributed by atoms with E-state index in [1.54, 1.807) is 23.9 Å². The Morgan fingerprint density at radius 3 is 2.81 bits per heavy atom. The van der Waals surface area contributed by atoms with E-state index in [0.717, 1.165) is 12.3 Å². The summed E-state index contributed by atoms with van der Waals surface area (Å²) in [6.45, 7) is 0.809. The molecule has 0 saturated carbocycles. The lowest BCUT2D eigenvalue weighted by atomic mass is 10.1. The summed E-state index contributed by atoms with van der Waals surface area (Å²) in [5.74, 6) is 0.00607. The van der Waals surface area contributed by atoms with E-state index in [9.17, 15) is 4.79 Å². The number of halogens is 1. The molecule has 1 aromatic rings. The van der Waals surface area contributed by atoms with Gasteiger partial charge in [0.2, 0.25) is 0 Å². The first-order valence-electron chi connectivity index (χ1n) is 4.79. The molecule has 0 heterocycles. The molecule has 0 unspecified atom stereocenters. The maximum atomic E-state index is 11.1. The Hall–Kier alpha value is -0.870. The SMILES string of the molecule is CSCCN(C)c1ccc(Cl)cc1C(=O)O. The van der Waals surface area contributed by atoms with Crippen molar-refractivity contribution in [2.75, 3.05) is 30.5 Å². The second-order valence-electron chi connectivity index (χ2n) is 3.38. The van der Waals surface area contributed by atoms with Crippen molar-refractivity contribution in [3.63, 3.8) is 0 Å². The second-order valence-corrected chi connectivity index (χ2v) is 4.80. The number of thioether (sulfide) groups is 1. The summed E-state index contributed by atoms with van der Waals surface area (Å²) >= 11 is 7.51. The van der Waals surface area contributed by atoms with Gasteiger partial charge in [0.25, 0.3) is 0 Å². The third-order valence-electron chi connectivity index (χ3n) is 2.23. The number of carboxylic acids is 1. The molecule has 1 rings (SSSR count). The van der Waals surface area contributed by atoms with Crippen molar-refractivity contribution in [3.05, 3.63) is 28.8 Å². The number of hydrogen-bond acceptors (Lipinski definition) is 3. The predicted octanol–water partition coefficient (Wildman–Crippen LogP) is 2.84. The van der Waals surface area contributed by atoms with E-state index < -0.39 is 5.97 Å². The maximum absolute atomic E-state index is 11.1. The summed E-state index contributed by atoms with van der Waals surface area (Å²) < 4.78 is 0. The van der Waals surface area contributed by atoms with Gasteiger partial charge in [0.1, 0.15) is 0 Å². The molecule has 0 fully saturated rings. The van der Waals surface area contributed by atoms with Crippen LogP contribution >= 0.6 is 23.4 Å². The summed E-state index contributed by atoms with van der Waals surface area (Å²) in [7, 11) is 1.88. The highest BCUT2D eigenvalue weighted by Gasteiger charge is 2.13. The monoisotopic (exact) mass is 259 g/mol. The number of nitrogens with zero attached hydrogens (tertiary/aromatic N) is 1. The van der Waals surface area contributed by atoms with Crippen LogP contribution in [0.4, 0.5) is 5.69 Å². The Morgan fingerprint density at radius 1 is 1.56 bits per heavy atom. The van der Waals surface area contributed by atoms with Crippen LogP contribution in [0.25, 0.3) is 0 Å². The van der Waals surface area contributed by atoms with Crippen LogP contribution in [-0.2, 0) is 0 Å². The largest absolute Gasteiger partial charge is 0.478 e. The highest BCUT2D eigenvalue weighted by Crippen LogP contribution is 2.23. The molecule has 0 saturated heterocycles. The summed E-state index contributed by atoms with van der Waals surface area (Å²) in [4.78, 5) is 13.0. The fraction of sp³-hybridized carbons (Fsp3) is 0.364. The third-order valence-corrected chi connectivity index (χ3v) is 3.06. The van der Waals surface area contributed by atoms with Crippen LogP contribution in [0.1, 0.15) is 10.4 Å². The third kappa shape index (κ3) is 3.32. The maximum Gasteiger partial charge on any atom is 0.337 e. The standard InChI is InChI=1S/C11H14ClNO2S/c1-13(5-6-16-2)10-4-3-8(12)7-9(10)11(14)15/h3-4,7H,5-6H2,1-2H3,(H,14,15). The highest BCUT2D eigenvalue weighted by atomic mass is 35.5. The number of carbonyl (C=O) groups is 1. The van der Waals surface area contributed by atoms with Crippen LogP contribution in [0, 0.1) is 0 Å². The van der Waals surface area contributed by atoms with Crippen molar-refractivity contribution in [1.29, 1.82) is 0 Å². The lowest BCUT2D eigenvalue weighted by molar-refractivity contribution is 0.0697. The molecule has 0 bridgehead atoms. The van der Waals surface area contributed by atoms with E-state index in [4.69, 9.17) is 16.7 Å². The van der Waals surface area contributed by atoms with Gasteiger partial charge in [-0.15, -0.1) is 0 Å². The molecule has 3 nitrogen and oxygen atoms in total. The minimum Gasteiger partial charge on any atom is -0.478 e. The van der Waals surface area contributed by atoms with E-state index in [0.29, 0.717) is 10.7 Å². The number of carboxylic acid groups (broad SMARTS) is 1. The molecular formula is C11H14ClNO2S. The van der Waals surface area contributed by atoms with Crippen LogP contribution < -0.4 is 4.90 Å². The van der Waals surface area contributed by atoms with Crippen LogP contribution in [0.3, 0.4) is 0 Å². The van der Waals surface area contributed by atoms with Crippen molar-refractivity contribution in [2.45, 2.75) is 0 Å². The van der Waals surface area contributed by atoms with Crippen molar-refractivity contribution >= 4 is 35.0 Å². The topological polar surface area (TPSA) is 40.5 Å². The lowest BCUT2D eigenvalue weighted by Crippen LogP contribution is -2.22. The second kappa shape index (κ2) is 6.01. The minimum absolute atomic E-state index is 0.246. The molecule has 0 aromatic heterocycles. The summed E-state index contributed by atoms with van der Waals surface area (Å²) in [6, 6.07) is 4.93. The molecule has 0 atom stereocenters. The fourth-order valence-electron chi connectivity index (χ4n) is 1.36. The quantitative estimate of drug-likeness (QED) is 0.883. The van der Waals surface area contributed by atoms with Gasteiger partial charge in [-0.25, -0.2) is 4.79 Å². The Kier molecular flexibility index (Phi) is 4.96. The van der Waals surface area contributed by atoms with Gasteiger partial charge < -0.3 is 10.0 Å². The molecule has 88 valence electrons. The van der Waals surface area contributed by atoms with Crippen molar-refractivity contribution in [1.82, 2.24) is 0 Å². The van der Waals surface area contributed by atoms with E-state index in [1.807, 2.05) is 18.2 Å². The van der Waals surface area contributed by atoms with E-state index in [2.05, 4.69) is 0 Å². The molecule has 16 heavy (non-hydrogen) atoms. The van der Waals surface area contributed by atoms with Gasteiger partial charge in [-0.1, -0.05) is 11.6 Å². The Morgan fingerprint density at radius 2 is 2.25 bits per heavy atom. The van der Waals surface area contributed by atoms with Crippen LogP contribution in [-0.4, -0.2) is 36.7 Å². The minimum atomic E-state index is -0.950. The molecule has 0 aliphatic rings. The molecule has 0 radical (unpaired) electrons. The average Bonchev–Trinajstić information content (AvgIpc) is 2.25. The fourth-order valence-corrected chi connectivity index (χ4v) is 1.99. The molecule has 0 aliphatic carbocycles. The normalized spacial score (nSPS) is 10.2. The van der Waals surface area contributed by atoms with Crippen molar-refractivity contribution in [2.24, 2.45) is 0 Å². The molecular weight excluding hydrogens is 246 g/mol. The zero-order valence-corrected chi connectivity index (χ0v) is 10.8. The Balaban J connectivity index is 2.98. The first-order chi connectivity index (χ1) is 7.56. The van der Waals surface area contributed by atoms with Crippen LogP contribution in [0.2, 0.25) is 5.02 Å². The number of anilines is 1. The van der Waals surface area contributed by atoms with Gasteiger partial charge in [0, 0.05) is 24.4 Å². The van der Waals surface area contributed by atoms with Gasteiger partial charge >= 0.3 is 5.97 Å². The summed E-state index contributed by atoms with van der Waals surface area (Å²) in [6.07, 6.45) is 2.02. The van der Waals surface area contributed by atoms with Crippen LogP contribution in [0.5, 0.6) is 0 Å². The molecule has 0 amide bonds. The Bertz CT molecular complexity index is 384. The number of rotatable bonds is 5. The predicted molar refractivity (Wildman–Crippen MR) is 70.1 cm³/mol. The van der Waals surface area contributed by atoms with E-state index in [-0.39, 0.29) is 5.56 Å². The van der Waals surface area contributed by atoms with Crippen molar-refractivity contribution < 1.29 is 9.90 Å². The number of hydrogen-bond donors (Lipinski definition) is 1. The zero-order valence-electron chi connectivity index (χ0n) is 9.24. The first-order valence-corrected chi connectivity index (χ1v) is 6.56. The highest BCUT2D eigenvalue weighted by molar-refractivity contribution is 7.98. The zero-order chi connectivity index (χ0) is 12.1. The molecule has 0 aliphatic heterocycles. The molecule has 0 spiro atoms. The number of aromatic carboxylic acids is 1. The Labute approximate surface area is 104 Å². The summed E-state index contributed by atoms with van der Waals surface area (Å²) in [5.41, 5.74) is 0.946. The average molecular weight is 260 g/mol. The van der Waals surface area contributed by atoms with Crippen molar-refractivity contribution in [3.8, 4) is 0 Å². The smallest absolute Gasteiger partial charge is 0.337 e. The van der Waals surface area contributed by atoms with Crippen LogP contribution in [0.15, 0.2) is 18.2 Å². The molecule has 5 heteroatoms. The lowest BCUT2D eigenvalue weighted by Gasteiger charge is -2.20. The molecule has 1 aromatic carbocycles. The van der Waals surface area contributed by atoms with Gasteiger partial charge in [0.05, 0.1) is 11.3 Å². The van der Waals surface area contributed by atoms with E-state index in [1.165, 1.54) is 6.07 Å². The first kappa shape index (κ1) is 13.2. The molecule has 1 N–H and O–H groups in total. The summed E-state index contributed by atoms with van der Waals surface area (Å²) in [5, 5.41) is 9.52. The van der Waals surface area contributed by atoms with Gasteiger partial charge in [-0.2, -0.15) is 11.8 Å². The van der Waals surface area contributed by atoms with E-state index >= 15 is 0 Å². The van der Waals surface area contributed by atoms with Gasteiger partial charge in [-0.05, 0) is 24.5 Å².